The summed E-state index contributed by atoms with van der Waals surface area (Å²) in [5.74, 6) is 0.538. The van der Waals surface area contributed by atoms with Gasteiger partial charge in [0.25, 0.3) is 0 Å². The topological polar surface area (TPSA) is 98.1 Å². The van der Waals surface area contributed by atoms with E-state index >= 15 is 0 Å². The number of nitrogens with zero attached hydrogens (tertiary/aromatic N) is 5. The minimum absolute atomic E-state index is 0.0520. The lowest BCUT2D eigenvalue weighted by molar-refractivity contribution is -0.130. The molecular formula is C19H27N5O3S2. The highest BCUT2D eigenvalue weighted by atomic mass is 32.2. The van der Waals surface area contributed by atoms with Gasteiger partial charge in [-0.15, -0.1) is 5.10 Å². The maximum atomic E-state index is 13.0. The molecule has 0 saturated carbocycles. The monoisotopic (exact) mass is 437 g/mol. The number of hydrogen-bond donors (Lipinski definition) is 0. The van der Waals surface area contributed by atoms with Crippen LogP contribution in [0.1, 0.15) is 31.4 Å². The molecule has 1 amide bonds. The third-order valence-electron chi connectivity index (χ3n) is 4.88. The molecule has 1 fully saturated rings. The number of sulfone groups is 1. The van der Waals surface area contributed by atoms with E-state index in [2.05, 4.69) is 21.6 Å². The molecule has 0 aliphatic carbocycles. The van der Waals surface area contributed by atoms with Crippen molar-refractivity contribution in [2.24, 2.45) is 5.92 Å². The number of carbonyl (C=O) groups excluding carboxylic acids is 1. The van der Waals surface area contributed by atoms with Crippen molar-refractivity contribution in [1.29, 1.82) is 0 Å². The summed E-state index contributed by atoms with van der Waals surface area (Å²) in [6.07, 6.45) is 0.506. The summed E-state index contributed by atoms with van der Waals surface area (Å²) in [6, 6.07) is 5.77. The first kappa shape index (κ1) is 21.8. The van der Waals surface area contributed by atoms with Crippen LogP contribution in [0.15, 0.2) is 23.4 Å². The predicted octanol–water partition coefficient (Wildman–Crippen LogP) is 2.04. The Hall–Kier alpha value is -1.94. The van der Waals surface area contributed by atoms with Gasteiger partial charge < -0.3 is 4.90 Å². The normalized spacial score (nSPS) is 18.3. The minimum atomic E-state index is -3.06. The van der Waals surface area contributed by atoms with Gasteiger partial charge in [-0.2, -0.15) is 4.68 Å². The molecule has 0 bridgehead atoms. The first-order valence-electron chi connectivity index (χ1n) is 9.65. The van der Waals surface area contributed by atoms with Crippen molar-refractivity contribution >= 4 is 27.5 Å². The Kier molecular flexibility index (Phi) is 6.62. The fraction of sp³-hybridized carbons (Fsp3) is 0.579. The number of aromatic nitrogens is 4. The van der Waals surface area contributed by atoms with Gasteiger partial charge in [0.2, 0.25) is 11.1 Å². The summed E-state index contributed by atoms with van der Waals surface area (Å²) < 4.78 is 25.4. The van der Waals surface area contributed by atoms with Crippen molar-refractivity contribution in [1.82, 2.24) is 25.1 Å². The number of aryl methyl sites for hydroxylation is 2. The second-order valence-electron chi connectivity index (χ2n) is 7.95. The first-order chi connectivity index (χ1) is 13.7. The van der Waals surface area contributed by atoms with Crippen molar-refractivity contribution in [2.75, 3.05) is 23.8 Å². The van der Waals surface area contributed by atoms with Crippen LogP contribution in [0.2, 0.25) is 0 Å². The zero-order valence-electron chi connectivity index (χ0n) is 17.2. The lowest BCUT2D eigenvalue weighted by Crippen LogP contribution is -2.44. The Bertz CT molecular complexity index is 987. The Morgan fingerprint density at radius 2 is 2.10 bits per heavy atom. The highest BCUT2D eigenvalue weighted by molar-refractivity contribution is 7.99. The first-order valence-corrected chi connectivity index (χ1v) is 12.5. The lowest BCUT2D eigenvalue weighted by atomic mass is 10.1. The fourth-order valence-corrected chi connectivity index (χ4v) is 6.04. The molecule has 1 atom stereocenters. The van der Waals surface area contributed by atoms with Crippen LogP contribution >= 0.6 is 11.8 Å². The molecule has 29 heavy (non-hydrogen) atoms. The van der Waals surface area contributed by atoms with Crippen molar-refractivity contribution in [3.05, 3.63) is 29.3 Å². The number of tetrazole rings is 1. The van der Waals surface area contributed by atoms with Crippen molar-refractivity contribution in [3.63, 3.8) is 0 Å². The highest BCUT2D eigenvalue weighted by Crippen LogP contribution is 2.24. The van der Waals surface area contributed by atoms with Gasteiger partial charge >= 0.3 is 0 Å². The molecule has 0 N–H and O–H groups in total. The highest BCUT2D eigenvalue weighted by Gasteiger charge is 2.34. The van der Waals surface area contributed by atoms with Crippen LogP contribution in [0.3, 0.4) is 0 Å². The largest absolute Gasteiger partial charge is 0.338 e. The van der Waals surface area contributed by atoms with Crippen LogP contribution in [0, 0.1) is 19.8 Å². The molecule has 3 rings (SSSR count). The molecule has 0 radical (unpaired) electrons. The summed E-state index contributed by atoms with van der Waals surface area (Å²) in [5, 5.41) is 12.4. The second kappa shape index (κ2) is 8.83. The standard InChI is InChI=1S/C19H27N5O3S2/c1-13(2)10-23(16-7-8-29(26,27)12-16)18(25)11-28-19-20-21-22-24(19)17-6-5-14(3)9-15(17)4/h5-6,9,13,16H,7-8,10-12H2,1-4H3. The van der Waals surface area contributed by atoms with E-state index in [1.807, 2.05) is 39.8 Å². The summed E-state index contributed by atoms with van der Waals surface area (Å²) in [5.41, 5.74) is 3.07. The number of benzene rings is 1. The third-order valence-corrected chi connectivity index (χ3v) is 7.53. The van der Waals surface area contributed by atoms with Gasteiger partial charge in [0.15, 0.2) is 9.84 Å². The number of rotatable bonds is 7. The molecule has 1 saturated heterocycles. The molecule has 10 heteroatoms. The zero-order valence-corrected chi connectivity index (χ0v) is 18.8. The van der Waals surface area contributed by atoms with Crippen molar-refractivity contribution in [3.8, 4) is 5.69 Å². The summed E-state index contributed by atoms with van der Waals surface area (Å²) in [4.78, 5) is 14.7. The van der Waals surface area contributed by atoms with Crippen molar-refractivity contribution < 1.29 is 13.2 Å². The van der Waals surface area contributed by atoms with Gasteiger partial charge in [0, 0.05) is 12.6 Å². The average molecular weight is 438 g/mol. The maximum absolute atomic E-state index is 13.0. The maximum Gasteiger partial charge on any atom is 0.233 e. The molecule has 1 aromatic heterocycles. The summed E-state index contributed by atoms with van der Waals surface area (Å²) in [6.45, 7) is 8.61. The molecule has 0 spiro atoms. The molecule has 158 valence electrons. The van der Waals surface area contributed by atoms with Crippen LogP contribution in [-0.4, -0.2) is 69.3 Å². The summed E-state index contributed by atoms with van der Waals surface area (Å²) in [7, 11) is -3.06. The van der Waals surface area contributed by atoms with Crippen molar-refractivity contribution in [2.45, 2.75) is 45.3 Å². The molecular weight excluding hydrogens is 410 g/mol. The van der Waals surface area contributed by atoms with E-state index in [1.54, 1.807) is 9.58 Å². The second-order valence-corrected chi connectivity index (χ2v) is 11.1. The smallest absolute Gasteiger partial charge is 0.233 e. The number of amides is 1. The van der Waals surface area contributed by atoms with Gasteiger partial charge in [-0.1, -0.05) is 43.3 Å². The van der Waals surface area contributed by atoms with Gasteiger partial charge in [-0.05, 0) is 48.2 Å². The zero-order chi connectivity index (χ0) is 21.2. The number of thioether (sulfide) groups is 1. The van der Waals surface area contributed by atoms with E-state index < -0.39 is 9.84 Å². The van der Waals surface area contributed by atoms with Gasteiger partial charge in [-0.3, -0.25) is 4.79 Å². The van der Waals surface area contributed by atoms with Gasteiger partial charge in [0.05, 0.1) is 22.9 Å². The van der Waals surface area contributed by atoms with E-state index in [0.717, 1.165) is 16.8 Å². The lowest BCUT2D eigenvalue weighted by Gasteiger charge is -2.29. The SMILES string of the molecule is Cc1ccc(-n2nnnc2SCC(=O)N(CC(C)C)C2CCS(=O)(=O)C2)c(C)c1. The molecule has 1 aliphatic heterocycles. The fourth-order valence-electron chi connectivity index (χ4n) is 3.54. The molecule has 1 aromatic carbocycles. The minimum Gasteiger partial charge on any atom is -0.338 e. The van der Waals surface area contributed by atoms with E-state index in [1.165, 1.54) is 11.8 Å². The average Bonchev–Trinajstić information content (AvgIpc) is 3.23. The molecule has 2 heterocycles. The Balaban J connectivity index is 1.73. The molecule has 1 unspecified atom stereocenters. The van der Waals surface area contributed by atoms with E-state index in [4.69, 9.17) is 0 Å². The Morgan fingerprint density at radius 3 is 2.72 bits per heavy atom. The van der Waals surface area contributed by atoms with Gasteiger partial charge in [0.1, 0.15) is 0 Å². The Labute approximate surface area is 176 Å². The van der Waals surface area contributed by atoms with Crippen LogP contribution in [0.4, 0.5) is 0 Å². The third kappa shape index (κ3) is 5.36. The van der Waals surface area contributed by atoms with E-state index in [-0.39, 0.29) is 35.1 Å². The van der Waals surface area contributed by atoms with E-state index in [0.29, 0.717) is 18.1 Å². The van der Waals surface area contributed by atoms with Crippen LogP contribution in [0.5, 0.6) is 0 Å². The molecule has 1 aliphatic rings. The molecule has 2 aromatic rings. The Morgan fingerprint density at radius 1 is 1.34 bits per heavy atom. The van der Waals surface area contributed by atoms with Gasteiger partial charge in [-0.25, -0.2) is 8.42 Å². The van der Waals surface area contributed by atoms with Crippen LogP contribution < -0.4 is 0 Å². The number of carbonyl (C=O) groups is 1. The summed E-state index contributed by atoms with van der Waals surface area (Å²) >= 11 is 1.27. The van der Waals surface area contributed by atoms with Crippen LogP contribution in [0.25, 0.3) is 5.69 Å². The van der Waals surface area contributed by atoms with E-state index in [9.17, 15) is 13.2 Å². The van der Waals surface area contributed by atoms with Crippen LogP contribution in [-0.2, 0) is 14.6 Å². The number of hydrogen-bond acceptors (Lipinski definition) is 7. The predicted molar refractivity (Wildman–Crippen MR) is 113 cm³/mol. The molecule has 8 nitrogen and oxygen atoms in total. The quantitative estimate of drug-likeness (QED) is 0.611.